The summed E-state index contributed by atoms with van der Waals surface area (Å²) in [7, 11) is 0. The molecule has 2 nitrogen and oxygen atoms in total. The fraction of sp³-hybridized carbons (Fsp3) is 0.130. The Morgan fingerprint density at radius 1 is 0.720 bits per heavy atom. The quantitative estimate of drug-likeness (QED) is 0.465. The van der Waals surface area contributed by atoms with Gasteiger partial charge < -0.3 is 11.5 Å². The highest BCUT2D eigenvalue weighted by Gasteiger charge is 2.18. The third kappa shape index (κ3) is 2.33. The fourth-order valence-electron chi connectivity index (χ4n) is 3.76. The Bertz CT molecular complexity index is 1110. The van der Waals surface area contributed by atoms with Crippen molar-refractivity contribution in [3.63, 3.8) is 0 Å². The van der Waals surface area contributed by atoms with Gasteiger partial charge in [-0.15, -0.1) is 0 Å². The van der Waals surface area contributed by atoms with Crippen molar-refractivity contribution in [2.45, 2.75) is 20.3 Å². The predicted molar refractivity (Wildman–Crippen MR) is 110 cm³/mol. The Balaban J connectivity index is 2.25. The number of nitrogens with two attached hydrogens (primary N) is 2. The molecule has 0 bridgehead atoms. The average Bonchev–Trinajstić information content (AvgIpc) is 2.63. The van der Waals surface area contributed by atoms with Gasteiger partial charge in [-0.3, -0.25) is 0 Å². The number of rotatable bonds is 2. The first-order chi connectivity index (χ1) is 12.1. The minimum absolute atomic E-state index is 0.809. The molecule has 0 heterocycles. The third-order valence-corrected chi connectivity index (χ3v) is 5.10. The van der Waals surface area contributed by atoms with Gasteiger partial charge in [0.2, 0.25) is 0 Å². The van der Waals surface area contributed by atoms with Gasteiger partial charge in [-0.1, -0.05) is 55.5 Å². The number of nitrogen functional groups attached to an aromatic ring is 2. The van der Waals surface area contributed by atoms with Crippen LogP contribution in [-0.2, 0) is 6.42 Å². The molecule has 0 saturated carbocycles. The Labute approximate surface area is 148 Å². The molecule has 0 unspecified atom stereocenters. The fourth-order valence-corrected chi connectivity index (χ4v) is 3.76. The van der Waals surface area contributed by atoms with Gasteiger partial charge in [-0.05, 0) is 58.1 Å². The van der Waals surface area contributed by atoms with E-state index < -0.39 is 0 Å². The highest BCUT2D eigenvalue weighted by Crippen LogP contribution is 2.44. The first kappa shape index (κ1) is 15.5. The van der Waals surface area contributed by atoms with Crippen molar-refractivity contribution in [1.29, 1.82) is 0 Å². The highest BCUT2D eigenvalue weighted by atomic mass is 14.6. The Kier molecular flexibility index (Phi) is 3.61. The highest BCUT2D eigenvalue weighted by molar-refractivity contribution is 6.14. The molecule has 0 spiro atoms. The molecule has 4 aromatic carbocycles. The van der Waals surface area contributed by atoms with E-state index in [-0.39, 0.29) is 0 Å². The normalized spacial score (nSPS) is 11.3. The molecule has 0 amide bonds. The molecule has 25 heavy (non-hydrogen) atoms. The molecule has 2 heteroatoms. The summed E-state index contributed by atoms with van der Waals surface area (Å²) in [5.41, 5.74) is 19.2. The SMILES string of the molecule is CCc1cc2ccccc2c(-c2c(N)c(C)cc3ccccc23)c1N. The van der Waals surface area contributed by atoms with Crippen molar-refractivity contribution in [3.05, 3.63) is 71.8 Å². The van der Waals surface area contributed by atoms with Crippen LogP contribution >= 0.6 is 0 Å². The summed E-state index contributed by atoms with van der Waals surface area (Å²) < 4.78 is 0. The van der Waals surface area contributed by atoms with Crippen LogP contribution in [0.1, 0.15) is 18.1 Å². The van der Waals surface area contributed by atoms with Crippen LogP contribution in [0.2, 0.25) is 0 Å². The van der Waals surface area contributed by atoms with Crippen molar-refractivity contribution in [2.24, 2.45) is 0 Å². The van der Waals surface area contributed by atoms with Gasteiger partial charge >= 0.3 is 0 Å². The predicted octanol–water partition coefficient (Wildman–Crippen LogP) is 5.70. The molecule has 0 fully saturated rings. The summed E-state index contributed by atoms with van der Waals surface area (Å²) >= 11 is 0. The van der Waals surface area contributed by atoms with Gasteiger partial charge in [0.05, 0.1) is 0 Å². The second-order valence-corrected chi connectivity index (χ2v) is 6.60. The van der Waals surface area contributed by atoms with Crippen LogP contribution in [0.3, 0.4) is 0 Å². The van der Waals surface area contributed by atoms with Crippen LogP contribution in [0.25, 0.3) is 32.7 Å². The number of aryl methyl sites for hydroxylation is 2. The van der Waals surface area contributed by atoms with Gasteiger partial charge in [0.15, 0.2) is 0 Å². The zero-order valence-corrected chi connectivity index (χ0v) is 14.6. The maximum absolute atomic E-state index is 6.65. The van der Waals surface area contributed by atoms with Gasteiger partial charge in [-0.2, -0.15) is 0 Å². The number of fused-ring (bicyclic) bond motifs is 2. The van der Waals surface area contributed by atoms with Crippen LogP contribution in [0.4, 0.5) is 11.4 Å². The summed E-state index contributed by atoms with van der Waals surface area (Å²) in [4.78, 5) is 0. The van der Waals surface area contributed by atoms with Crippen molar-refractivity contribution in [2.75, 3.05) is 11.5 Å². The number of hydrogen-bond acceptors (Lipinski definition) is 2. The molecule has 0 aliphatic heterocycles. The molecule has 4 rings (SSSR count). The van der Waals surface area contributed by atoms with Crippen LogP contribution in [-0.4, -0.2) is 0 Å². The number of benzene rings is 4. The lowest BCUT2D eigenvalue weighted by Gasteiger charge is -2.19. The zero-order chi connectivity index (χ0) is 17.6. The number of anilines is 2. The molecule has 4 aromatic rings. The van der Waals surface area contributed by atoms with E-state index in [1.807, 2.05) is 0 Å². The summed E-state index contributed by atoms with van der Waals surface area (Å²) in [5, 5.41) is 4.69. The topological polar surface area (TPSA) is 52.0 Å². The molecule has 0 atom stereocenters. The molecule has 0 aliphatic carbocycles. The van der Waals surface area contributed by atoms with E-state index in [0.29, 0.717) is 0 Å². The Morgan fingerprint density at radius 3 is 1.84 bits per heavy atom. The minimum Gasteiger partial charge on any atom is -0.398 e. The first-order valence-corrected chi connectivity index (χ1v) is 8.70. The van der Waals surface area contributed by atoms with Crippen LogP contribution < -0.4 is 11.5 Å². The zero-order valence-electron chi connectivity index (χ0n) is 14.6. The Hall–Kier alpha value is -3.00. The van der Waals surface area contributed by atoms with Crippen molar-refractivity contribution >= 4 is 32.9 Å². The molecule has 4 N–H and O–H groups in total. The molecular formula is C23H22N2. The van der Waals surface area contributed by atoms with Crippen molar-refractivity contribution in [3.8, 4) is 11.1 Å². The smallest absolute Gasteiger partial charge is 0.0433 e. The van der Waals surface area contributed by atoms with Crippen molar-refractivity contribution < 1.29 is 0 Å². The van der Waals surface area contributed by atoms with E-state index >= 15 is 0 Å². The van der Waals surface area contributed by atoms with E-state index in [1.165, 1.54) is 16.3 Å². The van der Waals surface area contributed by atoms with Crippen LogP contribution in [0.15, 0.2) is 60.7 Å². The second kappa shape index (κ2) is 5.82. The van der Waals surface area contributed by atoms with E-state index in [1.54, 1.807) is 0 Å². The standard InChI is InChI=1S/C23H22N2/c1-3-15-13-17-9-5-7-11-19(17)21(23(15)25)20-18-10-6-4-8-16(18)12-14(2)22(20)24/h4-13H,3,24-25H2,1-2H3. The molecule has 0 aliphatic rings. The summed E-state index contributed by atoms with van der Waals surface area (Å²) in [5.74, 6) is 0. The lowest BCUT2D eigenvalue weighted by Crippen LogP contribution is -2.02. The van der Waals surface area contributed by atoms with Gasteiger partial charge in [0, 0.05) is 22.5 Å². The largest absolute Gasteiger partial charge is 0.398 e. The van der Waals surface area contributed by atoms with Crippen LogP contribution in [0, 0.1) is 6.92 Å². The van der Waals surface area contributed by atoms with E-state index in [2.05, 4.69) is 74.5 Å². The second-order valence-electron chi connectivity index (χ2n) is 6.60. The molecule has 0 radical (unpaired) electrons. The lowest BCUT2D eigenvalue weighted by atomic mass is 9.87. The summed E-state index contributed by atoms with van der Waals surface area (Å²) in [6.45, 7) is 4.20. The maximum atomic E-state index is 6.65. The molecule has 0 saturated heterocycles. The Morgan fingerprint density at radius 2 is 1.24 bits per heavy atom. The maximum Gasteiger partial charge on any atom is 0.0433 e. The summed E-state index contributed by atoms with van der Waals surface area (Å²) in [6, 6.07) is 21.1. The van der Waals surface area contributed by atoms with Crippen LogP contribution in [0.5, 0.6) is 0 Å². The minimum atomic E-state index is 0.809. The van der Waals surface area contributed by atoms with Gasteiger partial charge in [0.1, 0.15) is 0 Å². The van der Waals surface area contributed by atoms with Crippen molar-refractivity contribution in [1.82, 2.24) is 0 Å². The summed E-state index contributed by atoms with van der Waals surface area (Å²) in [6.07, 6.45) is 0.896. The van der Waals surface area contributed by atoms with E-state index in [9.17, 15) is 0 Å². The molecular weight excluding hydrogens is 304 g/mol. The molecule has 0 aromatic heterocycles. The average molecular weight is 326 g/mol. The van der Waals surface area contributed by atoms with E-state index in [4.69, 9.17) is 11.5 Å². The monoisotopic (exact) mass is 326 g/mol. The van der Waals surface area contributed by atoms with E-state index in [0.717, 1.165) is 45.3 Å². The van der Waals surface area contributed by atoms with Gasteiger partial charge in [-0.25, -0.2) is 0 Å². The third-order valence-electron chi connectivity index (χ3n) is 5.10. The molecule has 124 valence electrons. The number of hydrogen-bond donors (Lipinski definition) is 2. The first-order valence-electron chi connectivity index (χ1n) is 8.70. The van der Waals surface area contributed by atoms with Gasteiger partial charge in [0.25, 0.3) is 0 Å². The lowest BCUT2D eigenvalue weighted by molar-refractivity contribution is 1.15.